The van der Waals surface area contributed by atoms with E-state index in [0.717, 1.165) is 11.8 Å². The molecule has 0 N–H and O–H groups in total. The number of likely N-dealkylation sites (tertiary alicyclic amines) is 1. The molecule has 14 heavy (non-hydrogen) atoms. The van der Waals surface area contributed by atoms with Crippen LogP contribution in [0.4, 0.5) is 0 Å². The fourth-order valence-electron chi connectivity index (χ4n) is 2.42. The van der Waals surface area contributed by atoms with Crippen molar-refractivity contribution in [3.63, 3.8) is 0 Å². The van der Waals surface area contributed by atoms with Gasteiger partial charge in [0.25, 0.3) is 0 Å². The lowest BCUT2D eigenvalue weighted by Gasteiger charge is -2.28. The molecule has 1 aliphatic rings. The van der Waals surface area contributed by atoms with Crippen molar-refractivity contribution in [3.05, 3.63) is 0 Å². The largest absolute Gasteiger partial charge is 0.300 e. The summed E-state index contributed by atoms with van der Waals surface area (Å²) in [4.78, 5) is 2.72. The van der Waals surface area contributed by atoms with Crippen LogP contribution in [0, 0.1) is 0 Å². The fraction of sp³-hybridized carbons (Fsp3) is 1.00. The van der Waals surface area contributed by atoms with E-state index in [1.165, 1.54) is 58.0 Å². The summed E-state index contributed by atoms with van der Waals surface area (Å²) in [6.07, 6.45) is 9.67. The Labute approximate surface area is 94.7 Å². The third-order valence-electron chi connectivity index (χ3n) is 3.32. The quantitative estimate of drug-likeness (QED) is 0.544. The minimum atomic E-state index is 0.873. The zero-order valence-corrected chi connectivity index (χ0v) is 10.4. The summed E-state index contributed by atoms with van der Waals surface area (Å²) >= 11 is 4.27. The molecule has 1 nitrogen and oxygen atoms in total. The molecule has 0 aromatic rings. The van der Waals surface area contributed by atoms with Gasteiger partial charge in [0, 0.05) is 6.04 Å². The van der Waals surface area contributed by atoms with Crippen LogP contribution >= 0.6 is 12.6 Å². The topological polar surface area (TPSA) is 3.24 Å². The van der Waals surface area contributed by atoms with E-state index in [0.29, 0.717) is 0 Å². The SMILES string of the molecule is CCC1CCCCCN1CCCCS. The molecule has 1 rings (SSSR count). The summed E-state index contributed by atoms with van der Waals surface area (Å²) in [6.45, 7) is 4.98. The van der Waals surface area contributed by atoms with Gasteiger partial charge >= 0.3 is 0 Å². The van der Waals surface area contributed by atoms with Crippen molar-refractivity contribution >= 4 is 12.6 Å². The monoisotopic (exact) mass is 215 g/mol. The smallest absolute Gasteiger partial charge is 0.00926 e. The van der Waals surface area contributed by atoms with Gasteiger partial charge < -0.3 is 4.90 Å². The molecular weight excluding hydrogens is 190 g/mol. The van der Waals surface area contributed by atoms with Gasteiger partial charge in [-0.05, 0) is 50.9 Å². The van der Waals surface area contributed by atoms with Crippen molar-refractivity contribution < 1.29 is 0 Å². The zero-order chi connectivity index (χ0) is 10.2. The molecule has 0 radical (unpaired) electrons. The van der Waals surface area contributed by atoms with Gasteiger partial charge in [0.05, 0.1) is 0 Å². The van der Waals surface area contributed by atoms with Crippen LogP contribution in [0.25, 0.3) is 0 Å². The molecule has 1 atom stereocenters. The molecule has 0 amide bonds. The Kier molecular flexibility index (Phi) is 6.70. The van der Waals surface area contributed by atoms with E-state index in [1.807, 2.05) is 0 Å². The number of rotatable bonds is 5. The highest BCUT2D eigenvalue weighted by molar-refractivity contribution is 7.80. The van der Waals surface area contributed by atoms with Gasteiger partial charge in [0.1, 0.15) is 0 Å². The van der Waals surface area contributed by atoms with Crippen molar-refractivity contribution in [3.8, 4) is 0 Å². The van der Waals surface area contributed by atoms with Gasteiger partial charge in [-0.2, -0.15) is 12.6 Å². The maximum atomic E-state index is 4.27. The van der Waals surface area contributed by atoms with Crippen LogP contribution in [-0.4, -0.2) is 29.8 Å². The number of unbranched alkanes of at least 4 members (excludes halogenated alkanes) is 1. The number of hydrogen-bond donors (Lipinski definition) is 1. The van der Waals surface area contributed by atoms with E-state index in [-0.39, 0.29) is 0 Å². The van der Waals surface area contributed by atoms with Crippen LogP contribution in [0.15, 0.2) is 0 Å². The van der Waals surface area contributed by atoms with Crippen LogP contribution in [0.2, 0.25) is 0 Å². The van der Waals surface area contributed by atoms with E-state index >= 15 is 0 Å². The third-order valence-corrected chi connectivity index (χ3v) is 3.64. The first kappa shape index (κ1) is 12.4. The van der Waals surface area contributed by atoms with Crippen LogP contribution in [-0.2, 0) is 0 Å². The van der Waals surface area contributed by atoms with E-state index < -0.39 is 0 Å². The molecule has 2 heteroatoms. The Bertz CT molecular complexity index is 138. The molecule has 1 fully saturated rings. The molecule has 1 unspecified atom stereocenters. The third kappa shape index (κ3) is 4.22. The molecule has 0 aromatic carbocycles. The Morgan fingerprint density at radius 1 is 1.21 bits per heavy atom. The van der Waals surface area contributed by atoms with E-state index in [9.17, 15) is 0 Å². The van der Waals surface area contributed by atoms with E-state index in [2.05, 4.69) is 24.5 Å². The number of nitrogens with zero attached hydrogens (tertiary/aromatic N) is 1. The summed E-state index contributed by atoms with van der Waals surface area (Å²) < 4.78 is 0. The van der Waals surface area contributed by atoms with Gasteiger partial charge in [-0.1, -0.05) is 19.8 Å². The first-order valence-electron chi connectivity index (χ1n) is 6.23. The van der Waals surface area contributed by atoms with E-state index in [4.69, 9.17) is 0 Å². The number of thiol groups is 1. The molecular formula is C12H25NS. The minimum Gasteiger partial charge on any atom is -0.300 e. The average molecular weight is 215 g/mol. The summed E-state index contributed by atoms with van der Waals surface area (Å²) in [5.74, 6) is 1.05. The molecule has 1 aliphatic heterocycles. The summed E-state index contributed by atoms with van der Waals surface area (Å²) in [7, 11) is 0. The molecule has 0 bridgehead atoms. The van der Waals surface area contributed by atoms with Crippen LogP contribution in [0.1, 0.15) is 51.9 Å². The van der Waals surface area contributed by atoms with E-state index in [1.54, 1.807) is 0 Å². The Morgan fingerprint density at radius 3 is 2.79 bits per heavy atom. The first-order chi connectivity index (χ1) is 6.88. The Balaban J connectivity index is 2.28. The van der Waals surface area contributed by atoms with Crippen LogP contribution < -0.4 is 0 Å². The van der Waals surface area contributed by atoms with Crippen molar-refractivity contribution in [1.82, 2.24) is 4.90 Å². The van der Waals surface area contributed by atoms with Crippen molar-refractivity contribution in [1.29, 1.82) is 0 Å². The van der Waals surface area contributed by atoms with Gasteiger partial charge in [0.2, 0.25) is 0 Å². The maximum Gasteiger partial charge on any atom is 0.00926 e. The highest BCUT2D eigenvalue weighted by Gasteiger charge is 2.18. The second kappa shape index (κ2) is 7.58. The van der Waals surface area contributed by atoms with Gasteiger partial charge in [-0.15, -0.1) is 0 Å². The van der Waals surface area contributed by atoms with Crippen molar-refractivity contribution in [2.24, 2.45) is 0 Å². The molecule has 84 valence electrons. The van der Waals surface area contributed by atoms with Crippen LogP contribution in [0.3, 0.4) is 0 Å². The highest BCUT2D eigenvalue weighted by Crippen LogP contribution is 2.19. The standard InChI is InChI=1S/C12H25NS/c1-2-12-8-4-3-5-9-13(12)10-6-7-11-14/h12,14H,2-11H2,1H3. The van der Waals surface area contributed by atoms with Crippen molar-refractivity contribution in [2.75, 3.05) is 18.8 Å². The summed E-state index contributed by atoms with van der Waals surface area (Å²) in [6, 6.07) is 0.873. The summed E-state index contributed by atoms with van der Waals surface area (Å²) in [5.41, 5.74) is 0. The van der Waals surface area contributed by atoms with Gasteiger partial charge in [0.15, 0.2) is 0 Å². The average Bonchev–Trinajstić information content (AvgIpc) is 2.43. The molecule has 1 heterocycles. The second-order valence-electron chi connectivity index (χ2n) is 4.38. The van der Waals surface area contributed by atoms with Gasteiger partial charge in [-0.3, -0.25) is 0 Å². The molecule has 1 saturated heterocycles. The second-order valence-corrected chi connectivity index (χ2v) is 4.83. The molecule has 0 spiro atoms. The number of hydrogen-bond acceptors (Lipinski definition) is 2. The zero-order valence-electron chi connectivity index (χ0n) is 9.54. The predicted molar refractivity (Wildman–Crippen MR) is 67.2 cm³/mol. The summed E-state index contributed by atoms with van der Waals surface area (Å²) in [5, 5.41) is 0. The minimum absolute atomic E-state index is 0.873. The lowest BCUT2D eigenvalue weighted by atomic mass is 10.1. The lowest BCUT2D eigenvalue weighted by Crippen LogP contribution is -2.35. The predicted octanol–water partition coefficient (Wildman–Crippen LogP) is 3.35. The molecule has 0 saturated carbocycles. The van der Waals surface area contributed by atoms with Crippen LogP contribution in [0.5, 0.6) is 0 Å². The van der Waals surface area contributed by atoms with Crippen molar-refractivity contribution in [2.45, 2.75) is 57.9 Å². The first-order valence-corrected chi connectivity index (χ1v) is 6.86. The maximum absolute atomic E-state index is 4.27. The highest BCUT2D eigenvalue weighted by atomic mass is 32.1. The normalized spacial score (nSPS) is 24.9. The Hall–Kier alpha value is 0.310. The Morgan fingerprint density at radius 2 is 2.07 bits per heavy atom. The van der Waals surface area contributed by atoms with Gasteiger partial charge in [-0.25, -0.2) is 0 Å². The lowest BCUT2D eigenvalue weighted by molar-refractivity contribution is 0.192. The molecule has 0 aromatic heterocycles. The fourth-order valence-corrected chi connectivity index (χ4v) is 2.64. The molecule has 0 aliphatic carbocycles.